The normalized spacial score (nSPS) is 14.8. The van der Waals surface area contributed by atoms with E-state index < -0.39 is 5.54 Å². The molecular formula is C13H22N2O2. The third kappa shape index (κ3) is 3.43. The van der Waals surface area contributed by atoms with Gasteiger partial charge in [-0.2, -0.15) is 0 Å². The summed E-state index contributed by atoms with van der Waals surface area (Å²) in [5, 5.41) is 9.28. The first kappa shape index (κ1) is 14.0. The number of aliphatic hydroxyl groups excluding tert-OH is 1. The number of nitrogens with zero attached hydrogens (tertiary/aromatic N) is 1. The van der Waals surface area contributed by atoms with Crippen molar-refractivity contribution in [2.45, 2.75) is 19.0 Å². The number of benzene rings is 1. The smallest absolute Gasteiger partial charge is 0.123 e. The maximum absolute atomic E-state index is 9.28. The molecule has 0 saturated carbocycles. The van der Waals surface area contributed by atoms with Crippen LogP contribution in [-0.2, 0) is 12.1 Å². The second kappa shape index (κ2) is 5.49. The molecule has 17 heavy (non-hydrogen) atoms. The highest BCUT2D eigenvalue weighted by Crippen LogP contribution is 2.26. The number of hydrogen-bond acceptors (Lipinski definition) is 4. The van der Waals surface area contributed by atoms with E-state index in [1.54, 1.807) is 7.11 Å². The van der Waals surface area contributed by atoms with Crippen molar-refractivity contribution < 1.29 is 9.84 Å². The molecule has 1 aromatic carbocycles. The molecule has 1 unspecified atom stereocenters. The van der Waals surface area contributed by atoms with Gasteiger partial charge in [-0.3, -0.25) is 0 Å². The van der Waals surface area contributed by atoms with Crippen LogP contribution in [0, 0.1) is 0 Å². The molecule has 96 valence electrons. The number of rotatable bonds is 5. The number of hydrogen-bond donors (Lipinski definition) is 2. The third-order valence-corrected chi connectivity index (χ3v) is 2.75. The van der Waals surface area contributed by atoms with Crippen LogP contribution in [0.2, 0.25) is 0 Å². The average Bonchev–Trinajstić information content (AvgIpc) is 2.28. The van der Waals surface area contributed by atoms with Gasteiger partial charge < -0.3 is 20.5 Å². The molecule has 1 atom stereocenters. The van der Waals surface area contributed by atoms with Gasteiger partial charge in [-0.1, -0.05) is 6.07 Å². The highest BCUT2D eigenvalue weighted by atomic mass is 16.5. The molecule has 4 heteroatoms. The third-order valence-electron chi connectivity index (χ3n) is 2.75. The Morgan fingerprint density at radius 1 is 1.41 bits per heavy atom. The minimum atomic E-state index is -0.715. The molecule has 0 bridgehead atoms. The predicted octanol–water partition coefficient (Wildman–Crippen LogP) is 0.923. The van der Waals surface area contributed by atoms with Crippen molar-refractivity contribution in [1.29, 1.82) is 0 Å². The molecule has 0 saturated heterocycles. The van der Waals surface area contributed by atoms with Gasteiger partial charge in [0.1, 0.15) is 5.75 Å². The highest BCUT2D eigenvalue weighted by molar-refractivity contribution is 5.39. The summed E-state index contributed by atoms with van der Waals surface area (Å²) in [4.78, 5) is 2.06. The zero-order valence-electron chi connectivity index (χ0n) is 11.0. The van der Waals surface area contributed by atoms with E-state index in [1.807, 2.05) is 39.2 Å². The fraction of sp³-hybridized carbons (Fsp3) is 0.538. The van der Waals surface area contributed by atoms with Gasteiger partial charge in [-0.25, -0.2) is 0 Å². The van der Waals surface area contributed by atoms with Crippen LogP contribution in [0.1, 0.15) is 18.1 Å². The van der Waals surface area contributed by atoms with Crippen LogP contribution in [-0.4, -0.2) is 37.8 Å². The summed E-state index contributed by atoms with van der Waals surface area (Å²) < 4.78 is 5.32. The summed E-state index contributed by atoms with van der Waals surface area (Å²) in [5.41, 5.74) is 7.29. The summed E-state index contributed by atoms with van der Waals surface area (Å²) in [6, 6.07) is 5.79. The molecule has 1 aromatic rings. The van der Waals surface area contributed by atoms with Gasteiger partial charge in [0, 0.05) is 12.1 Å². The first-order valence-electron chi connectivity index (χ1n) is 5.62. The van der Waals surface area contributed by atoms with Crippen LogP contribution in [0.4, 0.5) is 0 Å². The Bertz CT molecular complexity index is 376. The van der Waals surface area contributed by atoms with Crippen LogP contribution in [0.5, 0.6) is 5.75 Å². The van der Waals surface area contributed by atoms with Gasteiger partial charge in [0.25, 0.3) is 0 Å². The van der Waals surface area contributed by atoms with E-state index >= 15 is 0 Å². The summed E-state index contributed by atoms with van der Waals surface area (Å²) in [5.74, 6) is 0.844. The lowest BCUT2D eigenvalue weighted by Crippen LogP contribution is -2.37. The van der Waals surface area contributed by atoms with Crippen LogP contribution in [0.25, 0.3) is 0 Å². The maximum Gasteiger partial charge on any atom is 0.123 e. The van der Waals surface area contributed by atoms with E-state index in [4.69, 9.17) is 10.5 Å². The Labute approximate surface area is 103 Å². The fourth-order valence-electron chi connectivity index (χ4n) is 1.69. The lowest BCUT2D eigenvalue weighted by Gasteiger charge is -2.24. The summed E-state index contributed by atoms with van der Waals surface area (Å²) in [6.07, 6.45) is 0. The Hall–Kier alpha value is -1.10. The summed E-state index contributed by atoms with van der Waals surface area (Å²) in [7, 11) is 5.65. The van der Waals surface area contributed by atoms with Crippen molar-refractivity contribution in [3.63, 3.8) is 0 Å². The molecule has 0 amide bonds. The molecule has 0 aliphatic carbocycles. The van der Waals surface area contributed by atoms with Crippen molar-refractivity contribution in [3.05, 3.63) is 29.3 Å². The molecule has 0 radical (unpaired) electrons. The summed E-state index contributed by atoms with van der Waals surface area (Å²) >= 11 is 0. The van der Waals surface area contributed by atoms with Crippen molar-refractivity contribution in [3.8, 4) is 5.75 Å². The van der Waals surface area contributed by atoms with Crippen molar-refractivity contribution in [2.75, 3.05) is 27.8 Å². The predicted molar refractivity (Wildman–Crippen MR) is 69.0 cm³/mol. The highest BCUT2D eigenvalue weighted by Gasteiger charge is 2.21. The van der Waals surface area contributed by atoms with Gasteiger partial charge in [0.05, 0.1) is 19.3 Å². The number of nitrogens with two attached hydrogens (primary N) is 1. The van der Waals surface area contributed by atoms with E-state index in [-0.39, 0.29) is 6.61 Å². The fourth-order valence-corrected chi connectivity index (χ4v) is 1.69. The second-order valence-corrected chi connectivity index (χ2v) is 4.84. The first-order valence-corrected chi connectivity index (χ1v) is 5.62. The van der Waals surface area contributed by atoms with Gasteiger partial charge >= 0.3 is 0 Å². The van der Waals surface area contributed by atoms with Gasteiger partial charge in [-0.15, -0.1) is 0 Å². The van der Waals surface area contributed by atoms with Crippen LogP contribution >= 0.6 is 0 Å². The lowest BCUT2D eigenvalue weighted by molar-refractivity contribution is 0.210. The molecule has 4 nitrogen and oxygen atoms in total. The van der Waals surface area contributed by atoms with Gasteiger partial charge in [-0.05, 0) is 38.7 Å². The molecule has 0 fully saturated rings. The number of methoxy groups -OCH3 is 1. The first-order chi connectivity index (χ1) is 7.90. The van der Waals surface area contributed by atoms with E-state index in [2.05, 4.69) is 4.90 Å². The molecule has 0 heterocycles. The molecular weight excluding hydrogens is 216 g/mol. The molecule has 1 rings (SSSR count). The number of ether oxygens (including phenoxy) is 1. The quantitative estimate of drug-likeness (QED) is 0.801. The van der Waals surface area contributed by atoms with Crippen LogP contribution in [0.15, 0.2) is 18.2 Å². The molecule has 0 aliphatic heterocycles. The monoisotopic (exact) mass is 238 g/mol. The largest absolute Gasteiger partial charge is 0.496 e. The maximum atomic E-state index is 9.28. The average molecular weight is 238 g/mol. The SMILES string of the molecule is COc1ccc(C(C)(N)CO)cc1CN(C)C. The zero-order valence-corrected chi connectivity index (χ0v) is 11.0. The van der Waals surface area contributed by atoms with Gasteiger partial charge in [0.2, 0.25) is 0 Å². The standard InChI is InChI=1S/C13H22N2O2/c1-13(14,9-16)11-5-6-12(17-4)10(7-11)8-15(2)3/h5-7,16H,8-9,14H2,1-4H3. The topological polar surface area (TPSA) is 58.7 Å². The number of aliphatic hydroxyl groups is 1. The Morgan fingerprint density at radius 3 is 2.53 bits per heavy atom. The van der Waals surface area contributed by atoms with Crippen LogP contribution in [0.3, 0.4) is 0 Å². The molecule has 3 N–H and O–H groups in total. The van der Waals surface area contributed by atoms with Crippen LogP contribution < -0.4 is 10.5 Å². The minimum absolute atomic E-state index is 0.0826. The Balaban J connectivity index is 3.12. The van der Waals surface area contributed by atoms with Gasteiger partial charge in [0.15, 0.2) is 0 Å². The lowest BCUT2D eigenvalue weighted by atomic mass is 9.92. The van der Waals surface area contributed by atoms with E-state index in [0.717, 1.165) is 23.4 Å². The van der Waals surface area contributed by atoms with Crippen molar-refractivity contribution in [1.82, 2.24) is 4.90 Å². The summed E-state index contributed by atoms with van der Waals surface area (Å²) in [6.45, 7) is 2.51. The van der Waals surface area contributed by atoms with Crippen molar-refractivity contribution >= 4 is 0 Å². The Morgan fingerprint density at radius 2 is 2.06 bits per heavy atom. The Kier molecular flexibility index (Phi) is 4.51. The second-order valence-electron chi connectivity index (χ2n) is 4.84. The van der Waals surface area contributed by atoms with E-state index in [1.165, 1.54) is 0 Å². The molecule has 0 aliphatic rings. The molecule has 0 aromatic heterocycles. The molecule has 0 spiro atoms. The zero-order chi connectivity index (χ0) is 13.1. The minimum Gasteiger partial charge on any atom is -0.496 e. The van der Waals surface area contributed by atoms with E-state index in [0.29, 0.717) is 0 Å². The van der Waals surface area contributed by atoms with Crippen molar-refractivity contribution in [2.24, 2.45) is 5.73 Å². The van der Waals surface area contributed by atoms with E-state index in [9.17, 15) is 5.11 Å².